The average Bonchev–Trinajstić information content (AvgIpc) is 2.70. The van der Waals surface area contributed by atoms with Gasteiger partial charge < -0.3 is 14.4 Å². The topological polar surface area (TPSA) is 64.5 Å². The van der Waals surface area contributed by atoms with Crippen LogP contribution in [-0.2, 0) is 9.53 Å². The normalized spacial score (nSPS) is 15.9. The summed E-state index contributed by atoms with van der Waals surface area (Å²) in [5, 5.41) is 0. The van der Waals surface area contributed by atoms with E-state index < -0.39 is 0 Å². The molecule has 1 aliphatic rings. The average molecular weight is 285 g/mol. The fraction of sp³-hybridized carbons (Fsp3) is 0.750. The first-order valence-electron chi connectivity index (χ1n) is 6.67. The molecule has 2 heterocycles. The van der Waals surface area contributed by atoms with Crippen LogP contribution in [0.4, 0.5) is 5.82 Å². The Labute approximate surface area is 117 Å². The Morgan fingerprint density at radius 3 is 2.68 bits per heavy atom. The Morgan fingerprint density at radius 1 is 1.26 bits per heavy atom. The van der Waals surface area contributed by atoms with Crippen LogP contribution < -0.4 is 9.64 Å². The monoisotopic (exact) mass is 285 g/mol. The van der Waals surface area contributed by atoms with Gasteiger partial charge >= 0.3 is 5.97 Å². The van der Waals surface area contributed by atoms with E-state index in [0.717, 1.165) is 43.5 Å². The molecule has 1 aromatic rings. The largest absolute Gasteiger partial charge is 0.463 e. The Hall–Kier alpha value is -1.37. The second-order valence-electron chi connectivity index (χ2n) is 4.39. The minimum absolute atomic E-state index is 0.111. The molecule has 1 aliphatic heterocycles. The molecule has 0 spiro atoms. The second kappa shape index (κ2) is 7.28. The SMILES string of the molecule is CCOC(=O)COc1nsnc1N1CCCCCC1. The lowest BCUT2D eigenvalue weighted by Gasteiger charge is -2.19. The fourth-order valence-corrected chi connectivity index (χ4v) is 2.59. The molecular formula is C12H19N3O3S. The highest BCUT2D eigenvalue weighted by Gasteiger charge is 2.19. The highest BCUT2D eigenvalue weighted by Crippen LogP contribution is 2.27. The predicted molar refractivity (Wildman–Crippen MR) is 72.7 cm³/mol. The summed E-state index contributed by atoms with van der Waals surface area (Å²) in [4.78, 5) is 13.5. The van der Waals surface area contributed by atoms with Crippen molar-refractivity contribution in [2.24, 2.45) is 0 Å². The van der Waals surface area contributed by atoms with Crippen LogP contribution in [0.15, 0.2) is 0 Å². The maximum atomic E-state index is 11.3. The van der Waals surface area contributed by atoms with E-state index in [0.29, 0.717) is 12.5 Å². The second-order valence-corrected chi connectivity index (χ2v) is 4.92. The zero-order chi connectivity index (χ0) is 13.5. The lowest BCUT2D eigenvalue weighted by molar-refractivity contribution is -0.145. The van der Waals surface area contributed by atoms with Gasteiger partial charge in [0, 0.05) is 13.1 Å². The number of nitrogens with zero attached hydrogens (tertiary/aromatic N) is 3. The van der Waals surface area contributed by atoms with Crippen LogP contribution in [0.5, 0.6) is 5.88 Å². The van der Waals surface area contributed by atoms with Crippen molar-refractivity contribution < 1.29 is 14.3 Å². The summed E-state index contributed by atoms with van der Waals surface area (Å²) in [5.74, 6) is 0.827. The summed E-state index contributed by atoms with van der Waals surface area (Å²) < 4.78 is 18.6. The first kappa shape index (κ1) is 14.0. The summed E-state index contributed by atoms with van der Waals surface area (Å²) in [5.41, 5.74) is 0. The van der Waals surface area contributed by atoms with Crippen molar-refractivity contribution in [1.82, 2.24) is 8.75 Å². The number of hydrogen-bond donors (Lipinski definition) is 0. The van der Waals surface area contributed by atoms with Crippen LogP contribution in [-0.4, -0.2) is 41.0 Å². The van der Waals surface area contributed by atoms with Crippen molar-refractivity contribution in [2.75, 3.05) is 31.2 Å². The molecule has 0 atom stereocenters. The van der Waals surface area contributed by atoms with Gasteiger partial charge in [-0.3, -0.25) is 0 Å². The first-order valence-corrected chi connectivity index (χ1v) is 7.40. The molecule has 2 rings (SSSR count). The number of rotatable bonds is 5. The number of carbonyl (C=O) groups excluding carboxylic acids is 1. The molecule has 106 valence electrons. The van der Waals surface area contributed by atoms with E-state index in [1.807, 2.05) is 0 Å². The maximum absolute atomic E-state index is 11.3. The van der Waals surface area contributed by atoms with Crippen molar-refractivity contribution in [3.05, 3.63) is 0 Å². The highest BCUT2D eigenvalue weighted by atomic mass is 32.1. The molecule has 0 aromatic carbocycles. The van der Waals surface area contributed by atoms with Gasteiger partial charge in [-0.1, -0.05) is 12.8 Å². The van der Waals surface area contributed by atoms with E-state index in [9.17, 15) is 4.79 Å². The molecule has 0 saturated carbocycles. The van der Waals surface area contributed by atoms with E-state index in [4.69, 9.17) is 9.47 Å². The summed E-state index contributed by atoms with van der Waals surface area (Å²) in [6.45, 7) is 3.96. The molecule has 1 fully saturated rings. The minimum Gasteiger partial charge on any atom is -0.463 e. The minimum atomic E-state index is -0.377. The Bertz CT molecular complexity index is 403. The molecule has 0 aliphatic carbocycles. The van der Waals surface area contributed by atoms with E-state index in [-0.39, 0.29) is 12.6 Å². The van der Waals surface area contributed by atoms with Gasteiger partial charge in [-0.15, -0.1) is 4.37 Å². The van der Waals surface area contributed by atoms with Gasteiger partial charge in [-0.25, -0.2) is 4.79 Å². The highest BCUT2D eigenvalue weighted by molar-refractivity contribution is 6.99. The fourth-order valence-electron chi connectivity index (χ4n) is 2.07. The predicted octanol–water partition coefficient (Wildman–Crippen LogP) is 1.86. The first-order chi connectivity index (χ1) is 9.31. The molecule has 0 unspecified atom stereocenters. The standard InChI is InChI=1S/C12H19N3O3S/c1-2-17-10(16)9-18-12-11(13-19-14-12)15-7-5-3-4-6-8-15/h2-9H2,1H3. The number of carbonyl (C=O) groups is 1. The molecule has 0 bridgehead atoms. The molecule has 6 nitrogen and oxygen atoms in total. The Balaban J connectivity index is 1.94. The van der Waals surface area contributed by atoms with Gasteiger partial charge in [-0.05, 0) is 19.8 Å². The quantitative estimate of drug-likeness (QED) is 0.769. The van der Waals surface area contributed by atoms with Crippen LogP contribution in [0.3, 0.4) is 0 Å². The number of hydrogen-bond acceptors (Lipinski definition) is 7. The van der Waals surface area contributed by atoms with Gasteiger partial charge in [0.05, 0.1) is 18.3 Å². The molecule has 19 heavy (non-hydrogen) atoms. The third kappa shape index (κ3) is 4.05. The van der Waals surface area contributed by atoms with Crippen molar-refractivity contribution >= 4 is 23.5 Å². The van der Waals surface area contributed by atoms with Crippen LogP contribution in [0, 0.1) is 0 Å². The molecule has 0 radical (unpaired) electrons. The van der Waals surface area contributed by atoms with Crippen molar-refractivity contribution in [3.8, 4) is 5.88 Å². The van der Waals surface area contributed by atoms with Crippen molar-refractivity contribution in [2.45, 2.75) is 32.6 Å². The van der Waals surface area contributed by atoms with Crippen LogP contribution >= 0.6 is 11.7 Å². The van der Waals surface area contributed by atoms with Gasteiger partial charge in [0.25, 0.3) is 5.88 Å². The van der Waals surface area contributed by atoms with E-state index in [2.05, 4.69) is 13.6 Å². The number of anilines is 1. The lowest BCUT2D eigenvalue weighted by Crippen LogP contribution is -2.25. The van der Waals surface area contributed by atoms with Gasteiger partial charge in [-0.2, -0.15) is 4.37 Å². The van der Waals surface area contributed by atoms with Crippen LogP contribution in [0.25, 0.3) is 0 Å². The number of aromatic nitrogens is 2. The zero-order valence-corrected chi connectivity index (χ0v) is 11.9. The van der Waals surface area contributed by atoms with Crippen LogP contribution in [0.2, 0.25) is 0 Å². The third-order valence-corrected chi connectivity index (χ3v) is 3.48. The maximum Gasteiger partial charge on any atom is 0.344 e. The summed E-state index contributed by atoms with van der Waals surface area (Å²) in [6.07, 6.45) is 4.84. The summed E-state index contributed by atoms with van der Waals surface area (Å²) in [6, 6.07) is 0. The number of ether oxygens (including phenoxy) is 2. The van der Waals surface area contributed by atoms with E-state index >= 15 is 0 Å². The Kier molecular flexibility index (Phi) is 5.38. The van der Waals surface area contributed by atoms with Gasteiger partial charge in [0.1, 0.15) is 0 Å². The molecule has 0 amide bonds. The molecule has 0 N–H and O–H groups in total. The van der Waals surface area contributed by atoms with Crippen LogP contribution in [0.1, 0.15) is 32.6 Å². The summed E-state index contributed by atoms with van der Waals surface area (Å²) >= 11 is 1.11. The molecule has 1 saturated heterocycles. The summed E-state index contributed by atoms with van der Waals surface area (Å²) in [7, 11) is 0. The molecular weight excluding hydrogens is 266 g/mol. The zero-order valence-electron chi connectivity index (χ0n) is 11.1. The van der Waals surface area contributed by atoms with Crippen molar-refractivity contribution in [1.29, 1.82) is 0 Å². The van der Waals surface area contributed by atoms with Gasteiger partial charge in [0.2, 0.25) is 5.82 Å². The smallest absolute Gasteiger partial charge is 0.344 e. The third-order valence-electron chi connectivity index (χ3n) is 2.98. The Morgan fingerprint density at radius 2 is 2.00 bits per heavy atom. The molecule has 7 heteroatoms. The van der Waals surface area contributed by atoms with Gasteiger partial charge in [0.15, 0.2) is 6.61 Å². The van der Waals surface area contributed by atoms with E-state index in [1.165, 1.54) is 12.8 Å². The molecule has 1 aromatic heterocycles. The number of esters is 1. The van der Waals surface area contributed by atoms with E-state index in [1.54, 1.807) is 6.92 Å². The van der Waals surface area contributed by atoms with Crippen molar-refractivity contribution in [3.63, 3.8) is 0 Å². The lowest BCUT2D eigenvalue weighted by atomic mass is 10.2.